The van der Waals surface area contributed by atoms with E-state index in [0.29, 0.717) is 49.7 Å². The van der Waals surface area contributed by atoms with Gasteiger partial charge in [0.25, 0.3) is 5.56 Å². The van der Waals surface area contributed by atoms with Gasteiger partial charge in [0.05, 0.1) is 31.0 Å². The molecule has 0 amide bonds. The molecule has 2 N–H and O–H groups in total. The summed E-state index contributed by atoms with van der Waals surface area (Å²) in [5.74, 6) is 0.135. The molecule has 1 fully saturated rings. The number of aliphatic hydroxyl groups excluding tert-OH is 1. The predicted octanol–water partition coefficient (Wildman–Crippen LogP) is 2.34. The molecule has 32 heavy (non-hydrogen) atoms. The van der Waals surface area contributed by atoms with E-state index in [1.165, 1.54) is 12.1 Å². The highest BCUT2D eigenvalue weighted by atomic mass is 19.1. The van der Waals surface area contributed by atoms with Crippen LogP contribution in [-0.4, -0.2) is 63.9 Å². The summed E-state index contributed by atoms with van der Waals surface area (Å²) >= 11 is 0. The van der Waals surface area contributed by atoms with Gasteiger partial charge in [0.1, 0.15) is 17.3 Å². The lowest BCUT2D eigenvalue weighted by Crippen LogP contribution is -2.49. The van der Waals surface area contributed by atoms with Crippen LogP contribution in [-0.2, 0) is 6.54 Å². The Bertz CT molecular complexity index is 1100. The number of β-amino-alcohol motifs (C(OH)–C–C–N with tert-alkyl or cyclic N) is 1. The van der Waals surface area contributed by atoms with Gasteiger partial charge in [-0.15, -0.1) is 0 Å². The highest BCUT2D eigenvalue weighted by Crippen LogP contribution is 2.33. The Hall–Kier alpha value is -2.94. The van der Waals surface area contributed by atoms with Gasteiger partial charge in [0.2, 0.25) is 0 Å². The van der Waals surface area contributed by atoms with E-state index in [9.17, 15) is 19.4 Å². The minimum absolute atomic E-state index is 0.0869. The molecule has 0 unspecified atom stereocenters. The number of aryl methyl sites for hydroxylation is 1. The van der Waals surface area contributed by atoms with Gasteiger partial charge in [-0.25, -0.2) is 4.39 Å². The Balaban J connectivity index is 1.78. The molecule has 2 aromatic heterocycles. The van der Waals surface area contributed by atoms with Crippen molar-refractivity contribution < 1.29 is 19.0 Å². The Morgan fingerprint density at radius 3 is 2.56 bits per heavy atom. The fourth-order valence-electron chi connectivity index (χ4n) is 4.40. The molecule has 3 heterocycles. The predicted molar refractivity (Wildman–Crippen MR) is 118 cm³/mol. The number of halogens is 1. The maximum atomic E-state index is 14.2. The molecule has 1 aliphatic heterocycles. The Kier molecular flexibility index (Phi) is 6.74. The first kappa shape index (κ1) is 22.3. The molecule has 0 radical (unpaired) electrons. The zero-order chi connectivity index (χ0) is 22.7. The largest absolute Gasteiger partial charge is 0.507 e. The fourth-order valence-corrected chi connectivity index (χ4v) is 4.40. The number of hydrogen-bond donors (Lipinski definition) is 2. The minimum Gasteiger partial charge on any atom is -0.507 e. The Morgan fingerprint density at radius 2 is 1.91 bits per heavy atom. The van der Waals surface area contributed by atoms with Gasteiger partial charge in [-0.3, -0.25) is 14.6 Å². The van der Waals surface area contributed by atoms with Gasteiger partial charge in [0, 0.05) is 38.4 Å². The number of piperazine rings is 1. The van der Waals surface area contributed by atoms with E-state index in [2.05, 4.69) is 9.80 Å². The van der Waals surface area contributed by atoms with E-state index < -0.39 is 11.9 Å². The zero-order valence-corrected chi connectivity index (χ0v) is 18.1. The van der Waals surface area contributed by atoms with Gasteiger partial charge < -0.3 is 19.2 Å². The van der Waals surface area contributed by atoms with Gasteiger partial charge in [-0.2, -0.15) is 0 Å². The van der Waals surface area contributed by atoms with E-state index in [1.807, 2.05) is 0 Å². The molecule has 1 saturated heterocycles. The number of rotatable bonds is 7. The SMILES string of the molecule is Cc1cc(O)c([C@H](c2cccc(F)c2)N2CCN(CCO)CC2)c(=O)n1Cc1ccco1. The van der Waals surface area contributed by atoms with Crippen molar-refractivity contribution in [1.82, 2.24) is 14.4 Å². The Labute approximate surface area is 185 Å². The summed E-state index contributed by atoms with van der Waals surface area (Å²) in [6.07, 6.45) is 1.55. The van der Waals surface area contributed by atoms with Gasteiger partial charge in [-0.1, -0.05) is 12.1 Å². The van der Waals surface area contributed by atoms with Crippen LogP contribution in [0.4, 0.5) is 4.39 Å². The molecule has 1 aromatic carbocycles. The summed E-state index contributed by atoms with van der Waals surface area (Å²) in [5, 5.41) is 20.1. The van der Waals surface area contributed by atoms with Crippen LogP contribution in [0.5, 0.6) is 5.75 Å². The van der Waals surface area contributed by atoms with E-state index >= 15 is 0 Å². The van der Waals surface area contributed by atoms with Crippen LogP contribution in [0.1, 0.15) is 28.6 Å². The first-order valence-electron chi connectivity index (χ1n) is 10.8. The summed E-state index contributed by atoms with van der Waals surface area (Å²) in [6.45, 7) is 5.33. The molecule has 1 atom stereocenters. The number of benzene rings is 1. The summed E-state index contributed by atoms with van der Waals surface area (Å²) < 4.78 is 21.1. The molecular formula is C24H28FN3O4. The van der Waals surface area contributed by atoms with E-state index in [0.717, 1.165) is 0 Å². The standard InChI is InChI=1S/C24H28FN3O4/c1-17-14-21(30)22(24(31)28(17)16-20-6-3-13-32-20)23(18-4-2-5-19(25)15-18)27-9-7-26(8-10-27)11-12-29/h2-6,13-15,23,29-30H,7-12,16H2,1H3/t23-/m0/s1. The second-order valence-electron chi connectivity index (χ2n) is 8.11. The lowest BCUT2D eigenvalue weighted by molar-refractivity contribution is 0.0931. The average molecular weight is 442 g/mol. The number of furan rings is 1. The smallest absolute Gasteiger partial charge is 0.260 e. The van der Waals surface area contributed by atoms with E-state index in [4.69, 9.17) is 4.42 Å². The highest BCUT2D eigenvalue weighted by molar-refractivity contribution is 5.41. The van der Waals surface area contributed by atoms with Crippen molar-refractivity contribution in [3.8, 4) is 5.75 Å². The summed E-state index contributed by atoms with van der Waals surface area (Å²) in [4.78, 5) is 17.9. The molecule has 0 bridgehead atoms. The van der Waals surface area contributed by atoms with E-state index in [1.54, 1.807) is 48.1 Å². The number of aliphatic hydroxyl groups is 1. The number of aromatic nitrogens is 1. The molecular weight excluding hydrogens is 413 g/mol. The minimum atomic E-state index is -0.599. The van der Waals surface area contributed by atoms with Crippen molar-refractivity contribution in [2.24, 2.45) is 0 Å². The first-order valence-corrected chi connectivity index (χ1v) is 10.8. The lowest BCUT2D eigenvalue weighted by atomic mass is 9.95. The third-order valence-electron chi connectivity index (χ3n) is 6.04. The van der Waals surface area contributed by atoms with Gasteiger partial charge >= 0.3 is 0 Å². The van der Waals surface area contributed by atoms with Crippen molar-refractivity contribution in [3.63, 3.8) is 0 Å². The van der Waals surface area contributed by atoms with Crippen molar-refractivity contribution in [3.05, 3.63) is 87.5 Å². The summed E-state index contributed by atoms with van der Waals surface area (Å²) in [5.41, 5.74) is 1.12. The van der Waals surface area contributed by atoms with E-state index in [-0.39, 0.29) is 30.0 Å². The van der Waals surface area contributed by atoms with Crippen LogP contribution in [0.15, 0.2) is 57.9 Å². The molecule has 0 saturated carbocycles. The molecule has 7 nitrogen and oxygen atoms in total. The van der Waals surface area contributed by atoms with Gasteiger partial charge in [0.15, 0.2) is 0 Å². The maximum absolute atomic E-state index is 14.2. The van der Waals surface area contributed by atoms with Crippen LogP contribution in [0, 0.1) is 12.7 Å². The zero-order valence-electron chi connectivity index (χ0n) is 18.1. The van der Waals surface area contributed by atoms with Crippen LogP contribution in [0.2, 0.25) is 0 Å². The second kappa shape index (κ2) is 9.68. The number of hydrogen-bond acceptors (Lipinski definition) is 6. The average Bonchev–Trinajstić information content (AvgIpc) is 3.28. The highest BCUT2D eigenvalue weighted by Gasteiger charge is 2.31. The molecule has 8 heteroatoms. The monoisotopic (exact) mass is 441 g/mol. The van der Waals surface area contributed by atoms with Crippen LogP contribution in [0.3, 0.4) is 0 Å². The van der Waals surface area contributed by atoms with Crippen LogP contribution in [0.25, 0.3) is 0 Å². The molecule has 170 valence electrons. The third kappa shape index (κ3) is 4.62. The third-order valence-corrected chi connectivity index (χ3v) is 6.04. The number of nitrogens with zero attached hydrogens (tertiary/aromatic N) is 3. The molecule has 4 rings (SSSR count). The van der Waals surface area contributed by atoms with Crippen molar-refractivity contribution in [1.29, 1.82) is 0 Å². The lowest BCUT2D eigenvalue weighted by Gasteiger charge is -2.39. The number of aromatic hydroxyl groups is 1. The van der Waals surface area contributed by atoms with Crippen LogP contribution >= 0.6 is 0 Å². The van der Waals surface area contributed by atoms with Crippen molar-refractivity contribution in [2.75, 3.05) is 39.3 Å². The summed E-state index contributed by atoms with van der Waals surface area (Å²) in [7, 11) is 0. The topological polar surface area (TPSA) is 82.1 Å². The normalized spacial score (nSPS) is 16.3. The van der Waals surface area contributed by atoms with Crippen LogP contribution < -0.4 is 5.56 Å². The quantitative estimate of drug-likeness (QED) is 0.586. The van der Waals surface area contributed by atoms with Gasteiger partial charge in [-0.05, 0) is 42.8 Å². The van der Waals surface area contributed by atoms with Crippen molar-refractivity contribution in [2.45, 2.75) is 19.5 Å². The summed E-state index contributed by atoms with van der Waals surface area (Å²) in [6, 6.07) is 10.7. The maximum Gasteiger partial charge on any atom is 0.260 e. The Morgan fingerprint density at radius 1 is 1.12 bits per heavy atom. The number of pyridine rings is 1. The first-order chi connectivity index (χ1) is 15.5. The molecule has 1 aliphatic rings. The molecule has 3 aromatic rings. The fraction of sp³-hybridized carbons (Fsp3) is 0.375. The van der Waals surface area contributed by atoms with Crippen molar-refractivity contribution >= 4 is 0 Å². The molecule has 0 spiro atoms. The second-order valence-corrected chi connectivity index (χ2v) is 8.11. The molecule has 0 aliphatic carbocycles.